The summed E-state index contributed by atoms with van der Waals surface area (Å²) < 4.78 is 6.49. The summed E-state index contributed by atoms with van der Waals surface area (Å²) in [6.07, 6.45) is 0.0958. The Bertz CT molecular complexity index is 766. The van der Waals surface area contributed by atoms with E-state index in [9.17, 15) is 5.11 Å². The Labute approximate surface area is 136 Å². The molecule has 2 nitrogen and oxygen atoms in total. The number of hydrogen-bond acceptors (Lipinski definition) is 3. The molecule has 1 atom stereocenters. The third kappa shape index (κ3) is 2.98. The first-order chi connectivity index (χ1) is 10.2. The maximum absolute atomic E-state index is 10.6. The highest BCUT2D eigenvalue weighted by Crippen LogP contribution is 2.34. The molecule has 1 aromatic heterocycles. The first-order valence-electron chi connectivity index (χ1n) is 6.67. The van der Waals surface area contributed by atoms with E-state index in [1.54, 1.807) is 18.4 Å². The van der Waals surface area contributed by atoms with Gasteiger partial charge in [-0.05, 0) is 45.1 Å². The summed E-state index contributed by atoms with van der Waals surface area (Å²) in [5, 5.41) is 12.7. The molecule has 3 aromatic rings. The van der Waals surface area contributed by atoms with Gasteiger partial charge in [-0.2, -0.15) is 0 Å². The predicted octanol–water partition coefficient (Wildman–Crippen LogP) is 4.95. The van der Waals surface area contributed by atoms with Gasteiger partial charge in [0.15, 0.2) is 0 Å². The van der Waals surface area contributed by atoms with Gasteiger partial charge in [-0.15, -0.1) is 11.3 Å². The Morgan fingerprint density at radius 1 is 1.10 bits per heavy atom. The molecule has 4 heteroatoms. The maximum atomic E-state index is 10.6. The predicted molar refractivity (Wildman–Crippen MR) is 91.2 cm³/mol. The van der Waals surface area contributed by atoms with Crippen molar-refractivity contribution in [2.75, 3.05) is 7.11 Å². The van der Waals surface area contributed by atoms with E-state index in [0.717, 1.165) is 30.7 Å². The highest BCUT2D eigenvalue weighted by molar-refractivity contribution is 9.11. The van der Waals surface area contributed by atoms with Crippen LogP contribution in [0.3, 0.4) is 0 Å². The zero-order valence-electron chi connectivity index (χ0n) is 11.5. The standard InChI is InChI=1S/C17H15BrO2S/c1-20-16-8-7-13(12-4-2-3-5-14(12)16)15(19)10-11-6-9-17(18)21-11/h2-9,15,19H,10H2,1H3. The zero-order chi connectivity index (χ0) is 14.8. The zero-order valence-corrected chi connectivity index (χ0v) is 13.9. The Kier molecular flexibility index (Phi) is 4.29. The Hall–Kier alpha value is -1.36. The molecule has 0 bridgehead atoms. The number of ether oxygens (including phenoxy) is 1. The Balaban J connectivity index is 2.00. The van der Waals surface area contributed by atoms with Crippen LogP contribution in [0.1, 0.15) is 16.5 Å². The lowest BCUT2D eigenvalue weighted by molar-refractivity contribution is 0.181. The third-order valence-electron chi connectivity index (χ3n) is 3.52. The summed E-state index contributed by atoms with van der Waals surface area (Å²) in [7, 11) is 1.67. The van der Waals surface area contributed by atoms with Gasteiger partial charge in [0.25, 0.3) is 0 Å². The number of benzene rings is 2. The largest absolute Gasteiger partial charge is 0.496 e. The second kappa shape index (κ2) is 6.18. The third-order valence-corrected chi connectivity index (χ3v) is 5.17. The molecule has 1 heterocycles. The van der Waals surface area contributed by atoms with Crippen molar-refractivity contribution < 1.29 is 9.84 Å². The van der Waals surface area contributed by atoms with Gasteiger partial charge in [0.2, 0.25) is 0 Å². The van der Waals surface area contributed by atoms with E-state index < -0.39 is 6.10 Å². The van der Waals surface area contributed by atoms with Crippen molar-refractivity contribution in [3.8, 4) is 5.75 Å². The molecule has 1 unspecified atom stereocenters. The molecule has 0 saturated carbocycles. The summed E-state index contributed by atoms with van der Waals surface area (Å²) in [5.74, 6) is 0.834. The fourth-order valence-corrected chi connectivity index (χ4v) is 4.05. The molecule has 0 aliphatic heterocycles. The van der Waals surface area contributed by atoms with Gasteiger partial charge in [0.05, 0.1) is 17.0 Å². The maximum Gasteiger partial charge on any atom is 0.126 e. The lowest BCUT2D eigenvalue weighted by Gasteiger charge is -2.15. The summed E-state index contributed by atoms with van der Waals surface area (Å²) in [4.78, 5) is 1.16. The van der Waals surface area contributed by atoms with Gasteiger partial charge < -0.3 is 9.84 Å². The number of thiophene rings is 1. The van der Waals surface area contributed by atoms with E-state index in [2.05, 4.69) is 15.9 Å². The van der Waals surface area contributed by atoms with Gasteiger partial charge >= 0.3 is 0 Å². The molecule has 0 amide bonds. The summed E-state index contributed by atoms with van der Waals surface area (Å²) in [6, 6.07) is 16.0. The highest BCUT2D eigenvalue weighted by Gasteiger charge is 2.15. The van der Waals surface area contributed by atoms with Crippen molar-refractivity contribution in [2.45, 2.75) is 12.5 Å². The van der Waals surface area contributed by atoms with Gasteiger partial charge in [0.1, 0.15) is 5.75 Å². The molecular formula is C17H15BrO2S. The lowest BCUT2D eigenvalue weighted by atomic mass is 9.97. The van der Waals surface area contributed by atoms with Crippen molar-refractivity contribution in [1.82, 2.24) is 0 Å². The monoisotopic (exact) mass is 362 g/mol. The van der Waals surface area contributed by atoms with E-state index in [1.165, 1.54) is 0 Å². The second-order valence-corrected chi connectivity index (χ2v) is 7.38. The van der Waals surface area contributed by atoms with Crippen molar-refractivity contribution in [3.05, 3.63) is 62.8 Å². The minimum absolute atomic E-state index is 0.522. The van der Waals surface area contributed by atoms with Crippen LogP contribution in [0, 0.1) is 0 Å². The van der Waals surface area contributed by atoms with E-state index in [1.807, 2.05) is 48.5 Å². The number of aliphatic hydroxyl groups is 1. The quantitative estimate of drug-likeness (QED) is 0.711. The van der Waals surface area contributed by atoms with E-state index in [-0.39, 0.29) is 0 Å². The smallest absolute Gasteiger partial charge is 0.126 e. The van der Waals surface area contributed by atoms with E-state index in [0.29, 0.717) is 6.42 Å². The topological polar surface area (TPSA) is 29.5 Å². The number of hydrogen-bond donors (Lipinski definition) is 1. The average Bonchev–Trinajstić information content (AvgIpc) is 2.91. The number of aliphatic hydroxyl groups excluding tert-OH is 1. The SMILES string of the molecule is COc1ccc(C(O)Cc2ccc(Br)s2)c2ccccc12. The molecule has 0 saturated heterocycles. The fraction of sp³-hybridized carbons (Fsp3) is 0.176. The van der Waals surface area contributed by atoms with Crippen molar-refractivity contribution >= 4 is 38.0 Å². The van der Waals surface area contributed by atoms with Crippen LogP contribution in [0.2, 0.25) is 0 Å². The normalized spacial score (nSPS) is 12.5. The molecule has 0 aliphatic carbocycles. The Morgan fingerprint density at radius 2 is 1.86 bits per heavy atom. The fourth-order valence-electron chi connectivity index (χ4n) is 2.53. The molecule has 0 aliphatic rings. The second-order valence-electron chi connectivity index (χ2n) is 4.83. The van der Waals surface area contributed by atoms with Crippen molar-refractivity contribution in [2.24, 2.45) is 0 Å². The van der Waals surface area contributed by atoms with Crippen molar-refractivity contribution in [1.29, 1.82) is 0 Å². The highest BCUT2D eigenvalue weighted by atomic mass is 79.9. The molecule has 2 aromatic carbocycles. The van der Waals surface area contributed by atoms with Crippen LogP contribution in [0.25, 0.3) is 10.8 Å². The van der Waals surface area contributed by atoms with Gasteiger partial charge in [-0.3, -0.25) is 0 Å². The van der Waals surface area contributed by atoms with Gasteiger partial charge in [0, 0.05) is 16.7 Å². The minimum Gasteiger partial charge on any atom is -0.496 e. The van der Waals surface area contributed by atoms with Crippen LogP contribution in [0.5, 0.6) is 5.75 Å². The van der Waals surface area contributed by atoms with Crippen LogP contribution in [-0.4, -0.2) is 12.2 Å². The van der Waals surface area contributed by atoms with Crippen LogP contribution >= 0.6 is 27.3 Å². The molecule has 1 N–H and O–H groups in total. The van der Waals surface area contributed by atoms with Gasteiger partial charge in [-0.25, -0.2) is 0 Å². The Morgan fingerprint density at radius 3 is 2.52 bits per heavy atom. The molecule has 108 valence electrons. The molecule has 21 heavy (non-hydrogen) atoms. The first-order valence-corrected chi connectivity index (χ1v) is 8.28. The molecule has 0 radical (unpaired) electrons. The lowest BCUT2D eigenvalue weighted by Crippen LogP contribution is -2.02. The summed E-state index contributed by atoms with van der Waals surface area (Å²) in [6.45, 7) is 0. The summed E-state index contributed by atoms with van der Waals surface area (Å²) in [5.41, 5.74) is 0.941. The first kappa shape index (κ1) is 14.6. The molecular weight excluding hydrogens is 348 g/mol. The molecule has 0 spiro atoms. The number of fused-ring (bicyclic) bond motifs is 1. The van der Waals surface area contributed by atoms with Crippen LogP contribution in [0.15, 0.2) is 52.3 Å². The number of rotatable bonds is 4. The molecule has 0 fully saturated rings. The molecule has 3 rings (SSSR count). The van der Waals surface area contributed by atoms with Crippen LogP contribution in [-0.2, 0) is 6.42 Å². The van der Waals surface area contributed by atoms with E-state index >= 15 is 0 Å². The minimum atomic E-state index is -0.522. The average molecular weight is 363 g/mol. The van der Waals surface area contributed by atoms with Crippen LogP contribution < -0.4 is 4.74 Å². The van der Waals surface area contributed by atoms with Crippen molar-refractivity contribution in [3.63, 3.8) is 0 Å². The van der Waals surface area contributed by atoms with Gasteiger partial charge in [-0.1, -0.05) is 30.3 Å². The number of methoxy groups -OCH3 is 1. The summed E-state index contributed by atoms with van der Waals surface area (Å²) >= 11 is 5.11. The number of halogens is 1. The van der Waals surface area contributed by atoms with E-state index in [4.69, 9.17) is 4.74 Å². The van der Waals surface area contributed by atoms with Crippen LogP contribution in [0.4, 0.5) is 0 Å².